The largest absolute Gasteiger partial charge is 0.406 e. The third-order valence-electron chi connectivity index (χ3n) is 3.65. The summed E-state index contributed by atoms with van der Waals surface area (Å²) < 4.78 is 37.0. The maximum absolute atomic E-state index is 12.3. The van der Waals surface area contributed by atoms with Crippen molar-refractivity contribution in [2.45, 2.75) is 45.3 Å². The van der Waals surface area contributed by atoms with Crippen LogP contribution in [0.3, 0.4) is 0 Å². The molecule has 18 heavy (non-hydrogen) atoms. The minimum absolute atomic E-state index is 0.0618. The van der Waals surface area contributed by atoms with Crippen LogP contribution in [-0.2, 0) is 4.79 Å². The molecule has 1 saturated carbocycles. The molecule has 1 aliphatic rings. The van der Waals surface area contributed by atoms with Crippen molar-refractivity contribution in [3.63, 3.8) is 0 Å². The van der Waals surface area contributed by atoms with E-state index in [0.29, 0.717) is 19.3 Å². The maximum Gasteiger partial charge on any atom is 0.406 e. The maximum atomic E-state index is 12.3. The van der Waals surface area contributed by atoms with Crippen LogP contribution < -0.4 is 5.73 Å². The molecule has 6 heteroatoms. The molecular weight excluding hydrogens is 245 g/mol. The van der Waals surface area contributed by atoms with Gasteiger partial charge in [-0.2, -0.15) is 13.2 Å². The van der Waals surface area contributed by atoms with Crippen LogP contribution in [0.25, 0.3) is 0 Å². The van der Waals surface area contributed by atoms with Gasteiger partial charge in [-0.05, 0) is 32.1 Å². The highest BCUT2D eigenvalue weighted by Gasteiger charge is 2.36. The molecule has 3 unspecified atom stereocenters. The average molecular weight is 266 g/mol. The number of rotatable bonds is 3. The van der Waals surface area contributed by atoms with E-state index in [0.717, 1.165) is 4.90 Å². The normalized spacial score (nSPS) is 29.1. The number of hydrogen-bond acceptors (Lipinski definition) is 2. The summed E-state index contributed by atoms with van der Waals surface area (Å²) in [5.41, 5.74) is 5.85. The van der Waals surface area contributed by atoms with Gasteiger partial charge in [0.2, 0.25) is 5.91 Å². The van der Waals surface area contributed by atoms with Gasteiger partial charge in [-0.1, -0.05) is 6.92 Å². The van der Waals surface area contributed by atoms with E-state index in [-0.39, 0.29) is 30.3 Å². The van der Waals surface area contributed by atoms with Gasteiger partial charge in [0.25, 0.3) is 0 Å². The van der Waals surface area contributed by atoms with Crippen LogP contribution in [0.5, 0.6) is 0 Å². The first kappa shape index (κ1) is 15.3. The third kappa shape index (κ3) is 4.15. The second kappa shape index (κ2) is 5.91. The number of nitrogens with two attached hydrogens (primary N) is 1. The number of hydrogen-bond donors (Lipinski definition) is 1. The van der Waals surface area contributed by atoms with E-state index in [4.69, 9.17) is 5.73 Å². The number of halogens is 3. The number of nitrogens with zero attached hydrogens (tertiary/aromatic N) is 1. The highest BCUT2D eigenvalue weighted by atomic mass is 19.4. The van der Waals surface area contributed by atoms with Crippen molar-refractivity contribution < 1.29 is 18.0 Å². The van der Waals surface area contributed by atoms with Crippen molar-refractivity contribution in [3.8, 4) is 0 Å². The van der Waals surface area contributed by atoms with Gasteiger partial charge in [0.1, 0.15) is 6.54 Å². The number of carbonyl (C=O) groups excluding carboxylic acids is 1. The summed E-state index contributed by atoms with van der Waals surface area (Å²) in [4.78, 5) is 12.9. The molecule has 0 aliphatic heterocycles. The zero-order valence-electron chi connectivity index (χ0n) is 10.8. The Hall–Kier alpha value is -0.780. The lowest BCUT2D eigenvalue weighted by molar-refractivity contribution is -0.164. The SMILES string of the molecule is CCN(CC(F)(F)F)C(=O)C1CCC(N)C(C)C1. The molecule has 1 fully saturated rings. The molecule has 3 nitrogen and oxygen atoms in total. The number of carbonyl (C=O) groups is 1. The molecule has 1 aliphatic carbocycles. The Morgan fingerprint density at radius 1 is 1.39 bits per heavy atom. The van der Waals surface area contributed by atoms with Crippen LogP contribution in [0, 0.1) is 11.8 Å². The predicted octanol–water partition coefficient (Wildman–Crippen LogP) is 2.16. The Bertz CT molecular complexity index is 294. The van der Waals surface area contributed by atoms with Crippen molar-refractivity contribution >= 4 is 5.91 Å². The first-order chi connectivity index (χ1) is 8.24. The summed E-state index contributed by atoms with van der Waals surface area (Å²) in [6.07, 6.45) is -2.43. The van der Waals surface area contributed by atoms with E-state index in [1.165, 1.54) is 0 Å². The van der Waals surface area contributed by atoms with Crippen LogP contribution >= 0.6 is 0 Å². The van der Waals surface area contributed by atoms with Crippen molar-refractivity contribution in [1.29, 1.82) is 0 Å². The Balaban J connectivity index is 2.62. The Morgan fingerprint density at radius 2 is 2.00 bits per heavy atom. The highest BCUT2D eigenvalue weighted by molar-refractivity contribution is 5.79. The molecule has 0 aromatic heterocycles. The fourth-order valence-corrected chi connectivity index (χ4v) is 2.46. The smallest absolute Gasteiger partial charge is 0.334 e. The van der Waals surface area contributed by atoms with Crippen LogP contribution in [0.4, 0.5) is 13.2 Å². The van der Waals surface area contributed by atoms with E-state index >= 15 is 0 Å². The van der Waals surface area contributed by atoms with Crippen molar-refractivity contribution in [2.24, 2.45) is 17.6 Å². The Kier molecular flexibility index (Phi) is 5.01. The van der Waals surface area contributed by atoms with Gasteiger partial charge >= 0.3 is 6.18 Å². The first-order valence-electron chi connectivity index (χ1n) is 6.35. The fourth-order valence-electron chi connectivity index (χ4n) is 2.46. The van der Waals surface area contributed by atoms with E-state index in [2.05, 4.69) is 0 Å². The Labute approximate surface area is 106 Å². The lowest BCUT2D eigenvalue weighted by atomic mass is 9.79. The highest BCUT2D eigenvalue weighted by Crippen LogP contribution is 2.30. The van der Waals surface area contributed by atoms with E-state index in [9.17, 15) is 18.0 Å². The summed E-state index contributed by atoms with van der Waals surface area (Å²) in [5, 5.41) is 0. The molecule has 2 N–H and O–H groups in total. The topological polar surface area (TPSA) is 46.3 Å². The molecule has 3 atom stereocenters. The summed E-state index contributed by atoms with van der Waals surface area (Å²) in [6, 6.07) is 0.0618. The van der Waals surface area contributed by atoms with Gasteiger partial charge in [-0.25, -0.2) is 0 Å². The molecule has 0 aromatic rings. The molecule has 1 rings (SSSR count). The quantitative estimate of drug-likeness (QED) is 0.851. The fraction of sp³-hybridized carbons (Fsp3) is 0.917. The zero-order valence-corrected chi connectivity index (χ0v) is 10.8. The van der Waals surface area contributed by atoms with Gasteiger partial charge < -0.3 is 10.6 Å². The first-order valence-corrected chi connectivity index (χ1v) is 6.35. The monoisotopic (exact) mass is 266 g/mol. The summed E-state index contributed by atoms with van der Waals surface area (Å²) >= 11 is 0. The van der Waals surface area contributed by atoms with Crippen molar-refractivity contribution in [3.05, 3.63) is 0 Å². The van der Waals surface area contributed by atoms with E-state index in [1.807, 2.05) is 6.92 Å². The molecule has 0 heterocycles. The molecule has 0 aromatic carbocycles. The zero-order chi connectivity index (χ0) is 13.9. The van der Waals surface area contributed by atoms with Crippen molar-refractivity contribution in [1.82, 2.24) is 4.90 Å². The molecular formula is C12H21F3N2O. The van der Waals surface area contributed by atoms with Crippen LogP contribution in [0.2, 0.25) is 0 Å². The second-order valence-electron chi connectivity index (χ2n) is 5.12. The van der Waals surface area contributed by atoms with Gasteiger partial charge in [-0.3, -0.25) is 4.79 Å². The van der Waals surface area contributed by atoms with Gasteiger partial charge in [-0.15, -0.1) is 0 Å². The van der Waals surface area contributed by atoms with Crippen LogP contribution in [-0.4, -0.2) is 36.1 Å². The molecule has 0 bridgehead atoms. The summed E-state index contributed by atoms with van der Waals surface area (Å²) in [6.45, 7) is 2.46. The molecule has 0 radical (unpaired) electrons. The molecule has 106 valence electrons. The molecule has 0 spiro atoms. The third-order valence-corrected chi connectivity index (χ3v) is 3.65. The second-order valence-corrected chi connectivity index (χ2v) is 5.12. The predicted molar refractivity (Wildman–Crippen MR) is 62.8 cm³/mol. The number of alkyl halides is 3. The minimum Gasteiger partial charge on any atom is -0.334 e. The van der Waals surface area contributed by atoms with Gasteiger partial charge in [0.05, 0.1) is 0 Å². The van der Waals surface area contributed by atoms with E-state index in [1.54, 1.807) is 6.92 Å². The average Bonchev–Trinajstić information content (AvgIpc) is 2.27. The van der Waals surface area contributed by atoms with Gasteiger partial charge in [0.15, 0.2) is 0 Å². The molecule has 1 amide bonds. The van der Waals surface area contributed by atoms with Crippen LogP contribution in [0.15, 0.2) is 0 Å². The lowest BCUT2D eigenvalue weighted by Crippen LogP contribution is -2.45. The summed E-state index contributed by atoms with van der Waals surface area (Å²) in [5.74, 6) is -0.493. The standard InChI is InChI=1S/C12H21F3N2O/c1-3-17(7-12(13,14)15)11(18)9-4-5-10(16)8(2)6-9/h8-10H,3-7,16H2,1-2H3. The molecule has 0 saturated heterocycles. The Morgan fingerprint density at radius 3 is 2.44 bits per heavy atom. The van der Waals surface area contributed by atoms with Crippen LogP contribution in [0.1, 0.15) is 33.1 Å². The van der Waals surface area contributed by atoms with Crippen molar-refractivity contribution in [2.75, 3.05) is 13.1 Å². The van der Waals surface area contributed by atoms with Gasteiger partial charge in [0, 0.05) is 18.5 Å². The minimum atomic E-state index is -4.33. The number of amides is 1. The summed E-state index contributed by atoms with van der Waals surface area (Å²) in [7, 11) is 0. The lowest BCUT2D eigenvalue weighted by Gasteiger charge is -2.34. The van der Waals surface area contributed by atoms with E-state index < -0.39 is 12.7 Å².